The van der Waals surface area contributed by atoms with E-state index in [1.54, 1.807) is 4.90 Å². The van der Waals surface area contributed by atoms with Crippen LogP contribution in [0.25, 0.3) is 0 Å². The molecule has 0 radical (unpaired) electrons. The Labute approximate surface area is 199 Å². The fourth-order valence-corrected chi connectivity index (χ4v) is 5.71. The number of nitrogens with zero attached hydrogens (tertiary/aromatic N) is 3. The maximum atomic E-state index is 11.7. The van der Waals surface area contributed by atoms with Gasteiger partial charge in [0.05, 0.1) is 24.6 Å². The van der Waals surface area contributed by atoms with Crippen molar-refractivity contribution in [3.05, 3.63) is 95.1 Å². The molecule has 0 aromatic heterocycles. The summed E-state index contributed by atoms with van der Waals surface area (Å²) in [5.41, 5.74) is 7.51. The molecule has 1 amide bonds. The summed E-state index contributed by atoms with van der Waals surface area (Å²) in [6, 6.07) is 25.1. The summed E-state index contributed by atoms with van der Waals surface area (Å²) in [7, 11) is 0. The quantitative estimate of drug-likeness (QED) is 0.564. The predicted octanol–water partition coefficient (Wildman–Crippen LogP) is 5.04. The second-order valence-electron chi connectivity index (χ2n) is 9.17. The van der Waals surface area contributed by atoms with Crippen LogP contribution in [0.4, 0.5) is 16.2 Å². The molecule has 1 saturated heterocycles. The Morgan fingerprint density at radius 2 is 1.68 bits per heavy atom. The van der Waals surface area contributed by atoms with Crippen molar-refractivity contribution in [3.63, 3.8) is 0 Å². The number of carbonyl (C=O) groups is 1. The average molecular weight is 454 g/mol. The molecular formula is C28H27N3O3. The number of carboxylic acid groups (broad SMARTS) is 1. The van der Waals surface area contributed by atoms with E-state index in [1.807, 2.05) is 36.4 Å². The Bertz CT molecular complexity index is 1200. The Kier molecular flexibility index (Phi) is 5.30. The van der Waals surface area contributed by atoms with Crippen molar-refractivity contribution in [1.29, 1.82) is 0 Å². The van der Waals surface area contributed by atoms with Crippen molar-refractivity contribution in [2.24, 2.45) is 4.99 Å². The van der Waals surface area contributed by atoms with E-state index in [1.165, 1.54) is 11.3 Å². The first-order valence-corrected chi connectivity index (χ1v) is 11.9. The molecule has 172 valence electrons. The van der Waals surface area contributed by atoms with Gasteiger partial charge >= 0.3 is 6.09 Å². The van der Waals surface area contributed by atoms with Crippen LogP contribution in [0.3, 0.4) is 0 Å². The van der Waals surface area contributed by atoms with Gasteiger partial charge in [0, 0.05) is 54.0 Å². The third-order valence-corrected chi connectivity index (χ3v) is 7.21. The molecule has 0 saturated carbocycles. The standard InChI is InChI=1S/C28H27N3O3/c32-28(33)30-12-11-25-24(17-30)23-16-22(15-21-18-34-14-13-31(25)27(21)23)29-26(19-7-3-1-4-8-19)20-9-5-2-6-10-20/h1-10,15-16,24-25H,11-14,17-18H2,(H,32,33)/t24-,25-/m0/s1. The fraction of sp³-hybridized carbons (Fsp3) is 0.286. The van der Waals surface area contributed by atoms with E-state index in [4.69, 9.17) is 9.73 Å². The van der Waals surface area contributed by atoms with Gasteiger partial charge in [-0.25, -0.2) is 9.79 Å². The molecule has 3 aromatic carbocycles. The van der Waals surface area contributed by atoms with Crippen LogP contribution in [0, 0.1) is 0 Å². The van der Waals surface area contributed by atoms with Crippen LogP contribution in [0.15, 0.2) is 77.8 Å². The molecule has 6 heteroatoms. The van der Waals surface area contributed by atoms with Crippen LogP contribution in [-0.2, 0) is 11.3 Å². The molecule has 3 heterocycles. The van der Waals surface area contributed by atoms with Crippen molar-refractivity contribution < 1.29 is 14.6 Å². The highest BCUT2D eigenvalue weighted by Gasteiger charge is 2.44. The lowest BCUT2D eigenvalue weighted by Gasteiger charge is -2.37. The van der Waals surface area contributed by atoms with Crippen molar-refractivity contribution in [3.8, 4) is 0 Å². The molecule has 0 spiro atoms. The number of hydrogen-bond acceptors (Lipinski definition) is 4. The second kappa shape index (κ2) is 8.61. The van der Waals surface area contributed by atoms with Gasteiger partial charge in [-0.15, -0.1) is 0 Å². The monoisotopic (exact) mass is 453 g/mol. The van der Waals surface area contributed by atoms with Gasteiger partial charge in [0.25, 0.3) is 0 Å². The maximum Gasteiger partial charge on any atom is 0.407 e. The molecule has 0 bridgehead atoms. The third-order valence-electron chi connectivity index (χ3n) is 7.21. The topological polar surface area (TPSA) is 65.4 Å². The number of amides is 1. The van der Waals surface area contributed by atoms with Gasteiger partial charge in [0.2, 0.25) is 0 Å². The van der Waals surface area contributed by atoms with Gasteiger partial charge in [0.15, 0.2) is 0 Å². The third kappa shape index (κ3) is 3.64. The predicted molar refractivity (Wildman–Crippen MR) is 132 cm³/mol. The zero-order valence-electron chi connectivity index (χ0n) is 18.9. The number of aliphatic imine (C=N–C) groups is 1. The van der Waals surface area contributed by atoms with E-state index < -0.39 is 6.09 Å². The summed E-state index contributed by atoms with van der Waals surface area (Å²) in [4.78, 5) is 20.9. The van der Waals surface area contributed by atoms with Crippen LogP contribution < -0.4 is 4.90 Å². The zero-order valence-corrected chi connectivity index (χ0v) is 18.9. The van der Waals surface area contributed by atoms with E-state index >= 15 is 0 Å². The minimum Gasteiger partial charge on any atom is -0.465 e. The average Bonchev–Trinajstić information content (AvgIpc) is 3.03. The number of fused-ring (bicyclic) bond motifs is 3. The molecule has 0 unspecified atom stereocenters. The highest BCUT2D eigenvalue weighted by atomic mass is 16.5. The number of piperidine rings is 1. The first kappa shape index (κ1) is 20.9. The highest BCUT2D eigenvalue weighted by Crippen LogP contribution is 2.49. The highest BCUT2D eigenvalue weighted by molar-refractivity contribution is 6.14. The molecule has 3 aromatic rings. The fourth-order valence-electron chi connectivity index (χ4n) is 5.71. The van der Waals surface area contributed by atoms with Gasteiger partial charge in [-0.2, -0.15) is 0 Å². The lowest BCUT2D eigenvalue weighted by Crippen LogP contribution is -2.48. The number of benzene rings is 3. The molecule has 1 N–H and O–H groups in total. The number of anilines is 1. The van der Waals surface area contributed by atoms with Crippen LogP contribution in [0.2, 0.25) is 0 Å². The normalized spacial score (nSPS) is 20.8. The van der Waals surface area contributed by atoms with Crippen LogP contribution in [-0.4, -0.2) is 54.1 Å². The zero-order chi connectivity index (χ0) is 23.1. The smallest absolute Gasteiger partial charge is 0.407 e. The van der Waals surface area contributed by atoms with Crippen LogP contribution >= 0.6 is 0 Å². The summed E-state index contributed by atoms with van der Waals surface area (Å²) in [6.07, 6.45) is 0.00176. The van der Waals surface area contributed by atoms with E-state index in [0.29, 0.717) is 32.3 Å². The largest absolute Gasteiger partial charge is 0.465 e. The molecule has 34 heavy (non-hydrogen) atoms. The lowest BCUT2D eigenvalue weighted by molar-refractivity contribution is 0.120. The summed E-state index contributed by atoms with van der Waals surface area (Å²) in [5, 5.41) is 9.64. The number of likely N-dealkylation sites (tertiary alicyclic amines) is 1. The molecule has 2 atom stereocenters. The number of rotatable bonds is 3. The minimum absolute atomic E-state index is 0.156. The summed E-state index contributed by atoms with van der Waals surface area (Å²) in [6.45, 7) is 3.18. The molecule has 6 nitrogen and oxygen atoms in total. The Morgan fingerprint density at radius 3 is 2.35 bits per heavy atom. The summed E-state index contributed by atoms with van der Waals surface area (Å²) >= 11 is 0. The molecule has 6 rings (SSSR count). The summed E-state index contributed by atoms with van der Waals surface area (Å²) < 4.78 is 5.95. The Hall–Kier alpha value is -3.64. The maximum absolute atomic E-state index is 11.7. The molecular weight excluding hydrogens is 426 g/mol. The second-order valence-corrected chi connectivity index (χ2v) is 9.17. The molecule has 3 aliphatic heterocycles. The first-order valence-electron chi connectivity index (χ1n) is 11.9. The number of hydrogen-bond donors (Lipinski definition) is 1. The molecule has 0 aliphatic carbocycles. The van der Waals surface area contributed by atoms with Crippen LogP contribution in [0.1, 0.15) is 34.6 Å². The van der Waals surface area contributed by atoms with Crippen molar-refractivity contribution in [1.82, 2.24) is 4.90 Å². The van der Waals surface area contributed by atoms with E-state index in [-0.39, 0.29) is 5.92 Å². The van der Waals surface area contributed by atoms with Gasteiger partial charge in [0.1, 0.15) is 0 Å². The van der Waals surface area contributed by atoms with Gasteiger partial charge in [-0.3, -0.25) is 0 Å². The van der Waals surface area contributed by atoms with E-state index in [2.05, 4.69) is 41.3 Å². The van der Waals surface area contributed by atoms with Gasteiger partial charge < -0.3 is 19.6 Å². The molecule has 1 fully saturated rings. The van der Waals surface area contributed by atoms with Crippen molar-refractivity contribution in [2.45, 2.75) is 25.0 Å². The van der Waals surface area contributed by atoms with E-state index in [9.17, 15) is 9.90 Å². The Morgan fingerprint density at radius 1 is 0.971 bits per heavy atom. The molecule has 3 aliphatic rings. The van der Waals surface area contributed by atoms with Crippen LogP contribution in [0.5, 0.6) is 0 Å². The SMILES string of the molecule is O=C(O)N1CC[C@H]2[C@@H](C1)c1cc(N=C(c3ccccc3)c3ccccc3)cc3c1N2CCOC3. The first-order chi connectivity index (χ1) is 16.7. The lowest BCUT2D eigenvalue weighted by atomic mass is 9.88. The van der Waals surface area contributed by atoms with E-state index in [0.717, 1.165) is 41.1 Å². The summed E-state index contributed by atoms with van der Waals surface area (Å²) in [5.74, 6) is 0.156. The number of ether oxygens (including phenoxy) is 1. The van der Waals surface area contributed by atoms with Gasteiger partial charge in [-0.1, -0.05) is 60.7 Å². The minimum atomic E-state index is -0.835. The van der Waals surface area contributed by atoms with Gasteiger partial charge in [-0.05, 0) is 24.1 Å². The Balaban J connectivity index is 1.49. The van der Waals surface area contributed by atoms with Crippen molar-refractivity contribution >= 4 is 23.2 Å². The van der Waals surface area contributed by atoms with Crippen molar-refractivity contribution in [2.75, 3.05) is 31.1 Å².